The first kappa shape index (κ1) is 19.1. The molecule has 27 heavy (non-hydrogen) atoms. The van der Waals surface area contributed by atoms with Crippen LogP contribution < -0.4 is 5.32 Å². The summed E-state index contributed by atoms with van der Waals surface area (Å²) < 4.78 is 4.67. The quantitative estimate of drug-likeness (QED) is 0.766. The fraction of sp³-hybridized carbons (Fsp3) is 0.409. The maximum Gasteiger partial charge on any atom is 0.339 e. The number of ether oxygens (including phenoxy) is 1. The lowest BCUT2D eigenvalue weighted by molar-refractivity contribution is -0.118. The third-order valence-corrected chi connectivity index (χ3v) is 5.28. The number of esters is 1. The molecule has 2 aromatic rings. The molecule has 1 aliphatic rings. The largest absolute Gasteiger partial charge is 0.465 e. The van der Waals surface area contributed by atoms with Gasteiger partial charge in [0.1, 0.15) is 5.82 Å². The number of benzene rings is 1. The van der Waals surface area contributed by atoms with Crippen LogP contribution in [0.15, 0.2) is 42.6 Å². The Morgan fingerprint density at radius 1 is 1.15 bits per heavy atom. The number of amides is 1. The van der Waals surface area contributed by atoms with Crippen molar-refractivity contribution >= 4 is 17.7 Å². The molecule has 3 rings (SSSR count). The van der Waals surface area contributed by atoms with Crippen LogP contribution in [-0.4, -0.2) is 24.0 Å². The lowest BCUT2D eigenvalue weighted by atomic mass is 9.87. The SMILES string of the molecule is COC(=O)c1ccc(NC(=O)C(CC2CCCC2)c2ccc(C)cc2)nc1. The Morgan fingerprint density at radius 3 is 2.44 bits per heavy atom. The number of aryl methyl sites for hydroxylation is 1. The molecule has 1 heterocycles. The third-order valence-electron chi connectivity index (χ3n) is 5.28. The topological polar surface area (TPSA) is 68.3 Å². The number of nitrogens with zero attached hydrogens (tertiary/aromatic N) is 1. The van der Waals surface area contributed by atoms with Gasteiger partial charge in [0.05, 0.1) is 18.6 Å². The highest BCUT2D eigenvalue weighted by Gasteiger charge is 2.27. The fourth-order valence-corrected chi connectivity index (χ4v) is 3.69. The molecule has 0 saturated heterocycles. The fourth-order valence-electron chi connectivity index (χ4n) is 3.69. The first-order valence-corrected chi connectivity index (χ1v) is 9.48. The standard InChI is InChI=1S/C22H26N2O3/c1-15-7-9-17(10-8-15)19(13-16-5-3-4-6-16)21(25)24-20-12-11-18(14-23-20)22(26)27-2/h7-12,14,16,19H,3-6,13H2,1-2H3,(H,23,24,25). The van der Waals surface area contributed by atoms with E-state index in [1.165, 1.54) is 44.6 Å². The van der Waals surface area contributed by atoms with Gasteiger partial charge in [-0.3, -0.25) is 4.79 Å². The molecule has 1 aliphatic carbocycles. The molecule has 1 aromatic carbocycles. The number of pyridine rings is 1. The number of rotatable bonds is 6. The molecule has 1 N–H and O–H groups in total. The summed E-state index contributed by atoms with van der Waals surface area (Å²) in [5, 5.41) is 2.91. The highest BCUT2D eigenvalue weighted by molar-refractivity contribution is 5.95. The van der Waals surface area contributed by atoms with E-state index in [9.17, 15) is 9.59 Å². The Bertz CT molecular complexity index is 778. The van der Waals surface area contributed by atoms with Gasteiger partial charge >= 0.3 is 5.97 Å². The maximum atomic E-state index is 13.0. The number of carbonyl (C=O) groups is 2. The van der Waals surface area contributed by atoms with E-state index < -0.39 is 5.97 Å². The van der Waals surface area contributed by atoms with E-state index in [1.807, 2.05) is 31.2 Å². The zero-order valence-electron chi connectivity index (χ0n) is 15.9. The predicted octanol–water partition coefficient (Wildman–Crippen LogP) is 4.48. The van der Waals surface area contributed by atoms with Crippen LogP contribution in [-0.2, 0) is 9.53 Å². The summed E-state index contributed by atoms with van der Waals surface area (Å²) in [6.45, 7) is 2.04. The summed E-state index contributed by atoms with van der Waals surface area (Å²) in [6.07, 6.45) is 7.17. The maximum absolute atomic E-state index is 13.0. The number of hydrogen-bond acceptors (Lipinski definition) is 4. The summed E-state index contributed by atoms with van der Waals surface area (Å²) in [6, 6.07) is 11.4. The Morgan fingerprint density at radius 2 is 1.85 bits per heavy atom. The number of methoxy groups -OCH3 is 1. The first-order valence-electron chi connectivity index (χ1n) is 9.48. The van der Waals surface area contributed by atoms with Crippen LogP contribution in [0.3, 0.4) is 0 Å². The van der Waals surface area contributed by atoms with Gasteiger partial charge in [0.15, 0.2) is 0 Å². The van der Waals surface area contributed by atoms with Gasteiger partial charge in [-0.2, -0.15) is 0 Å². The Labute approximate surface area is 160 Å². The van der Waals surface area contributed by atoms with Gasteiger partial charge in [0.2, 0.25) is 5.91 Å². The molecule has 1 aromatic heterocycles. The van der Waals surface area contributed by atoms with Crippen LogP contribution in [0.2, 0.25) is 0 Å². The van der Waals surface area contributed by atoms with E-state index in [0.29, 0.717) is 17.3 Å². The van der Waals surface area contributed by atoms with Gasteiger partial charge < -0.3 is 10.1 Å². The number of hydrogen-bond donors (Lipinski definition) is 1. The molecule has 1 saturated carbocycles. The van der Waals surface area contributed by atoms with Crippen LogP contribution in [0.5, 0.6) is 0 Å². The molecule has 142 valence electrons. The van der Waals surface area contributed by atoms with Crippen LogP contribution in [0, 0.1) is 12.8 Å². The van der Waals surface area contributed by atoms with E-state index in [4.69, 9.17) is 0 Å². The van der Waals surface area contributed by atoms with Crippen LogP contribution in [0.25, 0.3) is 0 Å². The van der Waals surface area contributed by atoms with Gasteiger partial charge in [0.25, 0.3) is 0 Å². The minimum atomic E-state index is -0.445. The number of nitrogens with one attached hydrogen (secondary N) is 1. The second-order valence-electron chi connectivity index (χ2n) is 7.26. The lowest BCUT2D eigenvalue weighted by Gasteiger charge is -2.20. The Hall–Kier alpha value is -2.69. The normalized spacial score (nSPS) is 15.3. The van der Waals surface area contributed by atoms with Crippen molar-refractivity contribution in [2.45, 2.75) is 44.9 Å². The van der Waals surface area contributed by atoms with Crippen molar-refractivity contribution in [3.8, 4) is 0 Å². The molecule has 1 unspecified atom stereocenters. The second-order valence-corrected chi connectivity index (χ2v) is 7.26. The van der Waals surface area contributed by atoms with Gasteiger partial charge in [-0.1, -0.05) is 55.5 Å². The molecule has 0 bridgehead atoms. The van der Waals surface area contributed by atoms with Gasteiger partial charge in [0, 0.05) is 6.20 Å². The summed E-state index contributed by atoms with van der Waals surface area (Å²) in [4.78, 5) is 28.7. The molecule has 1 atom stereocenters. The molecule has 0 spiro atoms. The predicted molar refractivity (Wildman–Crippen MR) is 105 cm³/mol. The van der Waals surface area contributed by atoms with Gasteiger partial charge in [-0.05, 0) is 37.0 Å². The van der Waals surface area contributed by atoms with Crippen molar-refractivity contribution < 1.29 is 14.3 Å². The van der Waals surface area contributed by atoms with Crippen molar-refractivity contribution in [1.29, 1.82) is 0 Å². The molecule has 0 radical (unpaired) electrons. The first-order chi connectivity index (χ1) is 13.1. The van der Waals surface area contributed by atoms with Crippen molar-refractivity contribution in [3.63, 3.8) is 0 Å². The average molecular weight is 366 g/mol. The molecule has 1 amide bonds. The Balaban J connectivity index is 1.75. The number of anilines is 1. The van der Waals surface area contributed by atoms with Crippen molar-refractivity contribution in [3.05, 3.63) is 59.3 Å². The smallest absolute Gasteiger partial charge is 0.339 e. The monoisotopic (exact) mass is 366 g/mol. The minimum absolute atomic E-state index is 0.0518. The van der Waals surface area contributed by atoms with E-state index in [-0.39, 0.29) is 11.8 Å². The number of carbonyl (C=O) groups excluding carboxylic acids is 2. The van der Waals surface area contributed by atoms with Gasteiger partial charge in [-0.25, -0.2) is 9.78 Å². The molecule has 1 fully saturated rings. The molecule has 5 nitrogen and oxygen atoms in total. The molecule has 0 aliphatic heterocycles. The van der Waals surface area contributed by atoms with Crippen LogP contribution in [0.1, 0.15) is 59.5 Å². The van der Waals surface area contributed by atoms with Crippen molar-refractivity contribution in [1.82, 2.24) is 4.98 Å². The zero-order chi connectivity index (χ0) is 19.2. The van der Waals surface area contributed by atoms with E-state index in [2.05, 4.69) is 15.0 Å². The summed E-state index contributed by atoms with van der Waals surface area (Å²) in [5.41, 5.74) is 2.58. The summed E-state index contributed by atoms with van der Waals surface area (Å²) in [5.74, 6) is 0.340. The summed E-state index contributed by atoms with van der Waals surface area (Å²) in [7, 11) is 1.33. The second kappa shape index (κ2) is 8.80. The van der Waals surface area contributed by atoms with Crippen LogP contribution >= 0.6 is 0 Å². The molecular weight excluding hydrogens is 340 g/mol. The van der Waals surface area contributed by atoms with Crippen molar-refractivity contribution in [2.24, 2.45) is 5.92 Å². The van der Waals surface area contributed by atoms with E-state index in [1.54, 1.807) is 12.1 Å². The lowest BCUT2D eigenvalue weighted by Crippen LogP contribution is -2.23. The molecule has 5 heteroatoms. The molecular formula is C22H26N2O3. The minimum Gasteiger partial charge on any atom is -0.465 e. The van der Waals surface area contributed by atoms with E-state index in [0.717, 1.165) is 12.0 Å². The number of aromatic nitrogens is 1. The van der Waals surface area contributed by atoms with E-state index >= 15 is 0 Å². The third kappa shape index (κ3) is 4.94. The zero-order valence-corrected chi connectivity index (χ0v) is 15.9. The Kier molecular flexibility index (Phi) is 6.22. The van der Waals surface area contributed by atoms with Crippen molar-refractivity contribution in [2.75, 3.05) is 12.4 Å². The summed E-state index contributed by atoms with van der Waals surface area (Å²) >= 11 is 0. The van der Waals surface area contributed by atoms with Crippen LogP contribution in [0.4, 0.5) is 5.82 Å². The highest BCUT2D eigenvalue weighted by Crippen LogP contribution is 2.34. The van der Waals surface area contributed by atoms with Gasteiger partial charge in [-0.15, -0.1) is 0 Å². The highest BCUT2D eigenvalue weighted by atomic mass is 16.5. The average Bonchev–Trinajstić information content (AvgIpc) is 3.20.